The maximum atomic E-state index is 12.2. The fraction of sp³-hybridized carbons (Fsp3) is 0.978. The summed E-state index contributed by atoms with van der Waals surface area (Å²) in [5.41, 5.74) is 0. The number of hydrogen-bond donors (Lipinski definition) is 1. The van der Waals surface area contributed by atoms with Crippen molar-refractivity contribution < 1.29 is 19.4 Å². The molecule has 0 aliphatic heterocycles. The van der Waals surface area contributed by atoms with Crippen LogP contribution in [0.2, 0.25) is 0 Å². The van der Waals surface area contributed by atoms with Crippen LogP contribution in [0.5, 0.6) is 0 Å². The van der Waals surface area contributed by atoms with Gasteiger partial charge in [0.1, 0.15) is 6.10 Å². The largest absolute Gasteiger partial charge is 0.462 e. The number of hydrogen-bond acceptors (Lipinski definition) is 5. The molecule has 0 radical (unpaired) electrons. The van der Waals surface area contributed by atoms with Crippen molar-refractivity contribution in [2.75, 3.05) is 32.8 Å². The highest BCUT2D eigenvalue weighted by Gasteiger charge is 2.39. The summed E-state index contributed by atoms with van der Waals surface area (Å²) < 4.78 is 12.1. The van der Waals surface area contributed by atoms with E-state index in [0.29, 0.717) is 18.4 Å². The lowest BCUT2D eigenvalue weighted by molar-refractivity contribution is -0.145. The molecule has 0 saturated heterocycles. The number of rotatable bonds is 41. The number of esters is 1. The quantitative estimate of drug-likeness (QED) is 0.0506. The van der Waals surface area contributed by atoms with Crippen LogP contribution < -0.4 is 0 Å². The van der Waals surface area contributed by atoms with Crippen LogP contribution in [0.4, 0.5) is 0 Å². The molecule has 298 valence electrons. The van der Waals surface area contributed by atoms with Crippen molar-refractivity contribution in [3.63, 3.8) is 0 Å². The second-order valence-corrected chi connectivity index (χ2v) is 16.0. The van der Waals surface area contributed by atoms with Crippen LogP contribution in [-0.2, 0) is 14.3 Å². The number of aliphatic hydroxyl groups is 1. The number of carbonyl (C=O) groups excluding carboxylic acids is 1. The Kier molecular flexibility index (Phi) is 34.8. The van der Waals surface area contributed by atoms with Crippen molar-refractivity contribution in [2.24, 2.45) is 5.92 Å². The van der Waals surface area contributed by atoms with Gasteiger partial charge in [-0.2, -0.15) is 0 Å². The molecule has 1 aliphatic carbocycles. The number of unbranched alkanes of at least 4 members (excludes halogenated alkanes) is 23. The van der Waals surface area contributed by atoms with Crippen molar-refractivity contribution in [1.29, 1.82) is 0 Å². The molecule has 5 heteroatoms. The molecule has 5 nitrogen and oxygen atoms in total. The molecule has 1 rings (SSSR count). The zero-order valence-electron chi connectivity index (χ0n) is 34.2. The van der Waals surface area contributed by atoms with Gasteiger partial charge in [0.05, 0.1) is 12.7 Å². The molecule has 50 heavy (non-hydrogen) atoms. The van der Waals surface area contributed by atoms with Crippen LogP contribution >= 0.6 is 0 Å². The van der Waals surface area contributed by atoms with Gasteiger partial charge in [-0.3, -0.25) is 4.79 Å². The van der Waals surface area contributed by atoms with E-state index in [4.69, 9.17) is 9.47 Å². The van der Waals surface area contributed by atoms with Crippen molar-refractivity contribution in [3.8, 4) is 0 Å². The van der Waals surface area contributed by atoms with E-state index in [1.165, 1.54) is 186 Å². The number of aliphatic hydroxyl groups excluding tert-OH is 1. The summed E-state index contributed by atoms with van der Waals surface area (Å²) in [5.74, 6) is 0.668. The van der Waals surface area contributed by atoms with Crippen LogP contribution in [0.1, 0.15) is 233 Å². The first-order valence-electron chi connectivity index (χ1n) is 22.8. The van der Waals surface area contributed by atoms with Gasteiger partial charge in [-0.1, -0.05) is 175 Å². The first kappa shape index (κ1) is 47.4. The molecule has 1 fully saturated rings. The van der Waals surface area contributed by atoms with Crippen molar-refractivity contribution >= 4 is 5.97 Å². The van der Waals surface area contributed by atoms with E-state index in [9.17, 15) is 9.90 Å². The Morgan fingerprint density at radius 2 is 1.04 bits per heavy atom. The molecule has 2 atom stereocenters. The molecule has 1 N–H and O–H groups in total. The van der Waals surface area contributed by atoms with Crippen LogP contribution in [0, 0.1) is 5.92 Å². The summed E-state index contributed by atoms with van der Waals surface area (Å²) in [6.07, 6.45) is 42.6. The zero-order chi connectivity index (χ0) is 36.2. The molecular weight excluding hydrogens is 618 g/mol. The fourth-order valence-corrected chi connectivity index (χ4v) is 7.53. The van der Waals surface area contributed by atoms with Gasteiger partial charge in [-0.05, 0) is 70.4 Å². The summed E-state index contributed by atoms with van der Waals surface area (Å²) in [5, 5.41) is 9.57. The van der Waals surface area contributed by atoms with Crippen molar-refractivity contribution in [2.45, 2.75) is 245 Å². The van der Waals surface area contributed by atoms with Crippen LogP contribution in [0.25, 0.3) is 0 Å². The lowest BCUT2D eigenvalue weighted by Gasteiger charge is -2.21. The van der Waals surface area contributed by atoms with Gasteiger partial charge in [0, 0.05) is 19.6 Å². The molecular formula is C45H89NO4. The first-order chi connectivity index (χ1) is 24.6. The smallest absolute Gasteiger partial charge is 0.306 e. The Morgan fingerprint density at radius 3 is 1.58 bits per heavy atom. The van der Waals surface area contributed by atoms with Gasteiger partial charge in [0.2, 0.25) is 0 Å². The van der Waals surface area contributed by atoms with Crippen molar-refractivity contribution in [3.05, 3.63) is 0 Å². The minimum atomic E-state index is 0.0252. The SMILES string of the molecule is CCCCCCCCC(CCCCCCCC)OCCCCCCCCN(CCO)CCCCCCCC(=O)OC1CC1CCCCCCC. The number of carbonyl (C=O) groups is 1. The molecule has 0 spiro atoms. The highest BCUT2D eigenvalue weighted by atomic mass is 16.5. The summed E-state index contributed by atoms with van der Waals surface area (Å²) in [6, 6.07) is 0. The Hall–Kier alpha value is -0.650. The number of ether oxygens (including phenoxy) is 2. The molecule has 0 aromatic rings. The molecule has 0 aromatic heterocycles. The predicted molar refractivity (Wildman–Crippen MR) is 216 cm³/mol. The maximum Gasteiger partial charge on any atom is 0.306 e. The third kappa shape index (κ3) is 30.9. The van der Waals surface area contributed by atoms with E-state index in [-0.39, 0.29) is 18.7 Å². The molecule has 0 amide bonds. The van der Waals surface area contributed by atoms with E-state index in [0.717, 1.165) is 45.5 Å². The van der Waals surface area contributed by atoms with E-state index in [1.807, 2.05) is 0 Å². The normalized spacial score (nSPS) is 15.8. The summed E-state index contributed by atoms with van der Waals surface area (Å²) in [4.78, 5) is 14.7. The lowest BCUT2D eigenvalue weighted by atomic mass is 10.0. The summed E-state index contributed by atoms with van der Waals surface area (Å²) >= 11 is 0. The van der Waals surface area contributed by atoms with Gasteiger partial charge < -0.3 is 19.5 Å². The van der Waals surface area contributed by atoms with Crippen molar-refractivity contribution in [1.82, 2.24) is 4.90 Å². The minimum Gasteiger partial charge on any atom is -0.462 e. The average Bonchev–Trinajstić information content (AvgIpc) is 3.86. The van der Waals surface area contributed by atoms with Gasteiger partial charge in [-0.15, -0.1) is 0 Å². The third-order valence-electron chi connectivity index (χ3n) is 11.1. The van der Waals surface area contributed by atoms with E-state index < -0.39 is 0 Å². The Morgan fingerprint density at radius 1 is 0.580 bits per heavy atom. The maximum absolute atomic E-state index is 12.2. The van der Waals surface area contributed by atoms with Crippen LogP contribution in [0.3, 0.4) is 0 Å². The predicted octanol–water partition coefficient (Wildman–Crippen LogP) is 13.1. The Balaban J connectivity index is 2.02. The average molecular weight is 708 g/mol. The highest BCUT2D eigenvalue weighted by molar-refractivity contribution is 5.69. The molecule has 0 aromatic carbocycles. The van der Waals surface area contributed by atoms with E-state index in [1.54, 1.807) is 0 Å². The van der Waals surface area contributed by atoms with Gasteiger partial charge in [0.25, 0.3) is 0 Å². The molecule has 1 saturated carbocycles. The second kappa shape index (κ2) is 36.7. The standard InChI is InChI=1S/C45H89NO4/c1-4-7-10-13-19-26-33-43(34-27-20-14-11-8-5-2)49-40-31-24-16-15-22-29-36-46(38-39-47)37-30-23-17-21-28-35-45(48)50-44-41-42(44)32-25-18-12-9-6-3/h42-44,47H,4-41H2,1-3H3. The lowest BCUT2D eigenvalue weighted by Crippen LogP contribution is -2.29. The van der Waals surface area contributed by atoms with E-state index in [2.05, 4.69) is 25.7 Å². The van der Waals surface area contributed by atoms with Gasteiger partial charge in [0.15, 0.2) is 0 Å². The number of nitrogens with zero attached hydrogens (tertiary/aromatic N) is 1. The molecule has 2 unspecified atom stereocenters. The first-order valence-corrected chi connectivity index (χ1v) is 22.8. The van der Waals surface area contributed by atoms with Gasteiger partial charge in [-0.25, -0.2) is 0 Å². The third-order valence-corrected chi connectivity index (χ3v) is 11.1. The topological polar surface area (TPSA) is 59.0 Å². The fourth-order valence-electron chi connectivity index (χ4n) is 7.53. The monoisotopic (exact) mass is 708 g/mol. The Labute approximate surface area is 313 Å². The van der Waals surface area contributed by atoms with Crippen LogP contribution in [-0.4, -0.2) is 61.0 Å². The molecule has 0 heterocycles. The van der Waals surface area contributed by atoms with E-state index >= 15 is 0 Å². The zero-order valence-corrected chi connectivity index (χ0v) is 34.2. The van der Waals surface area contributed by atoms with Gasteiger partial charge >= 0.3 is 5.97 Å². The summed E-state index contributed by atoms with van der Waals surface area (Å²) in [7, 11) is 0. The Bertz CT molecular complexity index is 687. The molecule has 0 bridgehead atoms. The second-order valence-electron chi connectivity index (χ2n) is 16.0. The van der Waals surface area contributed by atoms with Crippen LogP contribution in [0.15, 0.2) is 0 Å². The summed E-state index contributed by atoms with van der Waals surface area (Å²) in [6.45, 7) is 11.0. The highest BCUT2D eigenvalue weighted by Crippen LogP contribution is 2.38. The minimum absolute atomic E-state index is 0.0252. The molecule has 1 aliphatic rings.